The fourth-order valence-electron chi connectivity index (χ4n) is 5.14. The Bertz CT molecular complexity index is 1360. The number of piperidine rings is 1. The third kappa shape index (κ3) is 5.39. The Kier molecular flexibility index (Phi) is 6.64. The molecule has 2 aliphatic rings. The molecule has 3 aromatic rings. The highest BCUT2D eigenvalue weighted by molar-refractivity contribution is 6.16. The molecule has 1 amide bonds. The first-order valence-corrected chi connectivity index (χ1v) is 12.6. The predicted octanol–water partition coefficient (Wildman–Crippen LogP) is 5.22. The lowest BCUT2D eigenvalue weighted by molar-refractivity contribution is 0.0179. The Morgan fingerprint density at radius 3 is 2.58 bits per heavy atom. The molecule has 38 heavy (non-hydrogen) atoms. The maximum atomic E-state index is 13.5. The third-order valence-electron chi connectivity index (χ3n) is 6.73. The van der Waals surface area contributed by atoms with Crippen LogP contribution in [0.25, 0.3) is 0 Å². The summed E-state index contributed by atoms with van der Waals surface area (Å²) < 4.78 is 24.8. The number of halogens is 1. The second-order valence-corrected chi connectivity index (χ2v) is 10.7. The van der Waals surface area contributed by atoms with E-state index in [9.17, 15) is 9.18 Å². The first kappa shape index (κ1) is 25.4. The van der Waals surface area contributed by atoms with Crippen molar-refractivity contribution in [2.45, 2.75) is 51.3 Å². The quantitative estimate of drug-likeness (QED) is 0.382. The van der Waals surface area contributed by atoms with Gasteiger partial charge in [0.25, 0.3) is 0 Å². The second kappa shape index (κ2) is 9.92. The summed E-state index contributed by atoms with van der Waals surface area (Å²) in [5.74, 6) is 1.50. The summed E-state index contributed by atoms with van der Waals surface area (Å²) in [6, 6.07) is 12.7. The van der Waals surface area contributed by atoms with Gasteiger partial charge in [0.1, 0.15) is 40.9 Å². The molecule has 1 aromatic heterocycles. The first-order valence-electron chi connectivity index (χ1n) is 12.6. The smallest absolute Gasteiger partial charge is 0.410 e. The number of ether oxygens (including phenoxy) is 2. The zero-order chi connectivity index (χ0) is 27.0. The fraction of sp³-hybridized carbons (Fsp3) is 0.357. The van der Waals surface area contributed by atoms with Crippen LogP contribution in [0.1, 0.15) is 44.7 Å². The van der Waals surface area contributed by atoms with Crippen molar-refractivity contribution in [2.75, 3.05) is 17.6 Å². The number of hydrogen-bond acceptors (Lipinski definition) is 8. The predicted molar refractivity (Wildman–Crippen MR) is 142 cm³/mol. The molecule has 198 valence electrons. The van der Waals surface area contributed by atoms with Gasteiger partial charge in [-0.1, -0.05) is 6.07 Å². The van der Waals surface area contributed by atoms with Gasteiger partial charge in [-0.3, -0.25) is 5.41 Å². The van der Waals surface area contributed by atoms with E-state index in [1.165, 1.54) is 18.5 Å². The van der Waals surface area contributed by atoms with Crippen molar-refractivity contribution in [2.24, 2.45) is 5.92 Å². The van der Waals surface area contributed by atoms with E-state index in [1.807, 2.05) is 20.8 Å². The highest BCUT2D eigenvalue weighted by Crippen LogP contribution is 2.40. The number of nitrogens with two attached hydrogens (primary N) is 1. The summed E-state index contributed by atoms with van der Waals surface area (Å²) in [6.45, 7) is 6.25. The molecule has 3 atom stereocenters. The first-order chi connectivity index (χ1) is 18.1. The molecule has 2 heterocycles. The standard InChI is InChI=1S/C28H31FN6O3/c1-28(2,3)38-27(36)35-14-16-11-21(22(35)12-16)34-26-23(25(31)32-15-33-26)24(30)17-7-9-19(10-8-17)37-20-6-4-5-18(29)13-20/h4-10,13,15-16,21-22,30H,11-12,14H2,1-3H3,(H3,31,32,33,34). The number of hydrogen-bond donors (Lipinski definition) is 3. The second-order valence-electron chi connectivity index (χ2n) is 10.7. The third-order valence-corrected chi connectivity index (χ3v) is 6.73. The molecule has 4 N–H and O–H groups in total. The highest BCUT2D eigenvalue weighted by atomic mass is 19.1. The lowest BCUT2D eigenvalue weighted by Gasteiger charge is -2.35. The average Bonchev–Trinajstić information content (AvgIpc) is 3.44. The van der Waals surface area contributed by atoms with E-state index in [-0.39, 0.29) is 35.5 Å². The van der Waals surface area contributed by atoms with Crippen molar-refractivity contribution in [1.82, 2.24) is 14.9 Å². The van der Waals surface area contributed by atoms with Crippen LogP contribution in [-0.4, -0.2) is 50.9 Å². The molecule has 10 heteroatoms. The lowest BCUT2D eigenvalue weighted by atomic mass is 10.0. The number of aromatic nitrogens is 2. The van der Waals surface area contributed by atoms with Crippen molar-refractivity contribution in [1.29, 1.82) is 5.41 Å². The normalized spacial score (nSPS) is 20.3. The Morgan fingerprint density at radius 1 is 1.13 bits per heavy atom. The number of nitrogens with zero attached hydrogens (tertiary/aromatic N) is 3. The minimum absolute atomic E-state index is 0.0349. The largest absolute Gasteiger partial charge is 0.457 e. The summed E-state index contributed by atoms with van der Waals surface area (Å²) >= 11 is 0. The summed E-state index contributed by atoms with van der Waals surface area (Å²) in [5, 5.41) is 12.3. The molecule has 1 aliphatic carbocycles. The Labute approximate surface area is 220 Å². The van der Waals surface area contributed by atoms with Crippen LogP contribution in [0.2, 0.25) is 0 Å². The topological polar surface area (TPSA) is 126 Å². The van der Waals surface area contributed by atoms with Gasteiger partial charge in [0.2, 0.25) is 0 Å². The van der Waals surface area contributed by atoms with E-state index in [0.29, 0.717) is 40.9 Å². The van der Waals surface area contributed by atoms with E-state index in [2.05, 4.69) is 15.3 Å². The van der Waals surface area contributed by atoms with Crippen LogP contribution in [0.15, 0.2) is 54.9 Å². The van der Waals surface area contributed by atoms with Gasteiger partial charge >= 0.3 is 6.09 Å². The van der Waals surface area contributed by atoms with Crippen LogP contribution in [0.3, 0.4) is 0 Å². The van der Waals surface area contributed by atoms with Gasteiger partial charge in [-0.2, -0.15) is 0 Å². The van der Waals surface area contributed by atoms with Crippen molar-refractivity contribution >= 4 is 23.4 Å². The van der Waals surface area contributed by atoms with Crippen molar-refractivity contribution in [3.63, 3.8) is 0 Å². The number of nitrogens with one attached hydrogen (secondary N) is 2. The van der Waals surface area contributed by atoms with Gasteiger partial charge in [-0.05, 0) is 75.9 Å². The van der Waals surface area contributed by atoms with Gasteiger partial charge in [-0.25, -0.2) is 19.2 Å². The number of likely N-dealkylation sites (tertiary alicyclic amines) is 1. The molecule has 0 spiro atoms. The molecule has 1 saturated carbocycles. The molecule has 0 radical (unpaired) electrons. The molecular weight excluding hydrogens is 487 g/mol. The number of anilines is 2. The minimum Gasteiger partial charge on any atom is -0.457 e. The average molecular weight is 519 g/mol. The van der Waals surface area contributed by atoms with E-state index in [0.717, 1.165) is 12.8 Å². The molecule has 2 aromatic carbocycles. The molecule has 5 rings (SSSR count). The van der Waals surface area contributed by atoms with Crippen LogP contribution in [0, 0.1) is 17.1 Å². The van der Waals surface area contributed by atoms with Crippen LogP contribution in [0.4, 0.5) is 20.8 Å². The molecule has 2 fully saturated rings. The number of benzene rings is 2. The number of fused-ring (bicyclic) bond motifs is 2. The maximum Gasteiger partial charge on any atom is 0.410 e. The molecule has 3 unspecified atom stereocenters. The SMILES string of the molecule is CC(C)(C)OC(=O)N1CC2CC(Nc3ncnc(N)c3C(=N)c3ccc(Oc4cccc(F)c4)cc3)C1C2. The number of carbonyl (C=O) groups excluding carboxylic acids is 1. The minimum atomic E-state index is -0.566. The fourth-order valence-corrected chi connectivity index (χ4v) is 5.14. The monoisotopic (exact) mass is 518 g/mol. The summed E-state index contributed by atoms with van der Waals surface area (Å²) in [5.41, 5.74) is 6.78. The lowest BCUT2D eigenvalue weighted by Crippen LogP contribution is -2.49. The summed E-state index contributed by atoms with van der Waals surface area (Å²) in [4.78, 5) is 23.1. The molecule has 9 nitrogen and oxygen atoms in total. The zero-order valence-corrected chi connectivity index (χ0v) is 21.6. The van der Waals surface area contributed by atoms with Crippen LogP contribution >= 0.6 is 0 Å². The van der Waals surface area contributed by atoms with Crippen LogP contribution in [0.5, 0.6) is 11.5 Å². The summed E-state index contributed by atoms with van der Waals surface area (Å²) in [6.07, 6.45) is 2.82. The highest BCUT2D eigenvalue weighted by Gasteiger charge is 2.48. The zero-order valence-electron chi connectivity index (χ0n) is 21.6. The van der Waals surface area contributed by atoms with Crippen molar-refractivity contribution < 1.29 is 18.7 Å². The van der Waals surface area contributed by atoms with E-state index in [4.69, 9.17) is 20.6 Å². The Balaban J connectivity index is 1.33. The van der Waals surface area contributed by atoms with Gasteiger partial charge in [0.05, 0.1) is 17.3 Å². The van der Waals surface area contributed by atoms with Gasteiger partial charge in [-0.15, -0.1) is 0 Å². The van der Waals surface area contributed by atoms with Gasteiger partial charge in [0, 0.05) is 24.2 Å². The van der Waals surface area contributed by atoms with E-state index < -0.39 is 5.60 Å². The molecule has 2 bridgehead atoms. The van der Waals surface area contributed by atoms with Gasteiger partial charge in [0.15, 0.2) is 0 Å². The van der Waals surface area contributed by atoms with Crippen LogP contribution < -0.4 is 15.8 Å². The molecule has 1 saturated heterocycles. The number of amides is 1. The maximum absolute atomic E-state index is 13.5. The van der Waals surface area contributed by atoms with E-state index in [1.54, 1.807) is 41.3 Å². The molecular formula is C28H31FN6O3. The van der Waals surface area contributed by atoms with Crippen LogP contribution in [-0.2, 0) is 4.74 Å². The molecule has 1 aliphatic heterocycles. The number of nitrogen functional groups attached to an aromatic ring is 1. The van der Waals surface area contributed by atoms with Gasteiger partial charge < -0.3 is 25.4 Å². The summed E-state index contributed by atoms with van der Waals surface area (Å²) in [7, 11) is 0. The Morgan fingerprint density at radius 2 is 1.89 bits per heavy atom. The number of rotatable bonds is 6. The number of carbonyl (C=O) groups is 1. The Hall–Kier alpha value is -4.21. The van der Waals surface area contributed by atoms with Crippen molar-refractivity contribution in [3.8, 4) is 11.5 Å². The van der Waals surface area contributed by atoms with Crippen molar-refractivity contribution in [3.05, 3.63) is 71.8 Å². The van der Waals surface area contributed by atoms with E-state index >= 15 is 0 Å².